The summed E-state index contributed by atoms with van der Waals surface area (Å²) in [6, 6.07) is 5.05. The van der Waals surface area contributed by atoms with E-state index >= 15 is 0 Å². The van der Waals surface area contributed by atoms with Gasteiger partial charge >= 0.3 is 0 Å². The van der Waals surface area contributed by atoms with Crippen LogP contribution < -0.4 is 0 Å². The highest BCUT2D eigenvalue weighted by Crippen LogP contribution is 2.40. The summed E-state index contributed by atoms with van der Waals surface area (Å²) in [5.74, 6) is 0.519. The number of hydrogen-bond acceptors (Lipinski definition) is 2. The van der Waals surface area contributed by atoms with Gasteiger partial charge in [0.15, 0.2) is 5.78 Å². The van der Waals surface area contributed by atoms with Crippen molar-refractivity contribution in [2.24, 2.45) is 5.92 Å². The molecule has 1 N–H and O–H groups in total. The van der Waals surface area contributed by atoms with Gasteiger partial charge in [-0.1, -0.05) is 20.8 Å². The van der Waals surface area contributed by atoms with Gasteiger partial charge in [0.1, 0.15) is 5.75 Å². The second-order valence-corrected chi connectivity index (χ2v) is 5.08. The first-order valence-corrected chi connectivity index (χ1v) is 5.29. The van der Waals surface area contributed by atoms with Gasteiger partial charge in [-0.2, -0.15) is 0 Å². The predicted molar refractivity (Wildman–Crippen MR) is 59.2 cm³/mol. The van der Waals surface area contributed by atoms with Crippen LogP contribution in [-0.4, -0.2) is 10.9 Å². The van der Waals surface area contributed by atoms with Crippen molar-refractivity contribution in [1.29, 1.82) is 0 Å². The van der Waals surface area contributed by atoms with Crippen molar-refractivity contribution in [2.45, 2.75) is 32.6 Å². The van der Waals surface area contributed by atoms with Crippen LogP contribution in [0.4, 0.5) is 0 Å². The zero-order chi connectivity index (χ0) is 11.2. The van der Waals surface area contributed by atoms with Gasteiger partial charge in [0.2, 0.25) is 0 Å². The van der Waals surface area contributed by atoms with Gasteiger partial charge in [-0.15, -0.1) is 0 Å². The summed E-state index contributed by atoms with van der Waals surface area (Å²) < 4.78 is 0. The highest BCUT2D eigenvalue weighted by molar-refractivity contribution is 6.00. The average Bonchev–Trinajstić information content (AvgIpc) is 2.14. The van der Waals surface area contributed by atoms with E-state index in [1.165, 1.54) is 0 Å². The Kier molecular flexibility index (Phi) is 2.10. The van der Waals surface area contributed by atoms with Gasteiger partial charge < -0.3 is 5.11 Å². The lowest BCUT2D eigenvalue weighted by Crippen LogP contribution is -2.32. The summed E-state index contributed by atoms with van der Waals surface area (Å²) >= 11 is 0. The molecule has 0 radical (unpaired) electrons. The van der Waals surface area contributed by atoms with Crippen LogP contribution in [-0.2, 0) is 5.41 Å². The molecule has 15 heavy (non-hydrogen) atoms. The molecule has 1 aliphatic carbocycles. The van der Waals surface area contributed by atoms with Gasteiger partial charge in [-0.3, -0.25) is 4.79 Å². The quantitative estimate of drug-likeness (QED) is 0.705. The maximum absolute atomic E-state index is 11.9. The lowest BCUT2D eigenvalue weighted by atomic mass is 9.68. The van der Waals surface area contributed by atoms with E-state index in [2.05, 4.69) is 13.8 Å². The van der Waals surface area contributed by atoms with Crippen molar-refractivity contribution in [3.05, 3.63) is 29.3 Å². The van der Waals surface area contributed by atoms with Crippen molar-refractivity contribution in [3.63, 3.8) is 0 Å². The van der Waals surface area contributed by atoms with Crippen LogP contribution in [0.2, 0.25) is 0 Å². The molecule has 0 unspecified atom stereocenters. The molecular weight excluding hydrogens is 188 g/mol. The summed E-state index contributed by atoms with van der Waals surface area (Å²) in [7, 11) is 0. The molecule has 0 saturated heterocycles. The number of aromatic hydroxyl groups is 1. The first kappa shape index (κ1) is 10.2. The summed E-state index contributed by atoms with van der Waals surface area (Å²) in [4.78, 5) is 11.9. The van der Waals surface area contributed by atoms with E-state index in [0.29, 0.717) is 0 Å². The van der Waals surface area contributed by atoms with E-state index in [1.54, 1.807) is 18.2 Å². The molecule has 2 nitrogen and oxygen atoms in total. The molecule has 0 heterocycles. The van der Waals surface area contributed by atoms with Crippen molar-refractivity contribution in [1.82, 2.24) is 0 Å². The number of benzene rings is 1. The molecular formula is C13H16O2. The summed E-state index contributed by atoms with van der Waals surface area (Å²) in [5.41, 5.74) is 1.73. The van der Waals surface area contributed by atoms with E-state index in [-0.39, 0.29) is 22.9 Å². The number of rotatable bonds is 0. The third kappa shape index (κ3) is 1.54. The zero-order valence-electron chi connectivity index (χ0n) is 9.37. The molecule has 0 aromatic heterocycles. The molecule has 1 aromatic carbocycles. The molecule has 2 heteroatoms. The maximum atomic E-state index is 11.9. The van der Waals surface area contributed by atoms with Gasteiger partial charge in [0, 0.05) is 11.5 Å². The van der Waals surface area contributed by atoms with Gasteiger partial charge in [-0.25, -0.2) is 0 Å². The molecule has 0 amide bonds. The van der Waals surface area contributed by atoms with Gasteiger partial charge in [0.25, 0.3) is 0 Å². The van der Waals surface area contributed by atoms with Crippen LogP contribution in [0.3, 0.4) is 0 Å². The second kappa shape index (κ2) is 3.09. The molecule has 0 spiro atoms. The standard InChI is InChI=1S/C13H16O2/c1-8-7-13(2,3)11-6-9(14)4-5-10(11)12(8)15/h4-6,8,14H,7H2,1-3H3/t8-/m0/s1. The normalized spacial score (nSPS) is 23.7. The Balaban J connectivity index is 2.64. The Bertz CT molecular complexity index is 419. The second-order valence-electron chi connectivity index (χ2n) is 5.08. The number of ketones is 1. The molecule has 1 aromatic rings. The van der Waals surface area contributed by atoms with E-state index in [4.69, 9.17) is 0 Å². The fourth-order valence-corrected chi connectivity index (χ4v) is 2.54. The largest absolute Gasteiger partial charge is 0.508 e. The Morgan fingerprint density at radius 1 is 1.40 bits per heavy atom. The van der Waals surface area contributed by atoms with E-state index in [9.17, 15) is 9.90 Å². The molecule has 0 saturated carbocycles. The monoisotopic (exact) mass is 204 g/mol. The number of carbonyl (C=O) groups is 1. The summed E-state index contributed by atoms with van der Waals surface area (Å²) in [5, 5.41) is 9.46. The van der Waals surface area contributed by atoms with Gasteiger partial charge in [0.05, 0.1) is 0 Å². The lowest BCUT2D eigenvalue weighted by molar-refractivity contribution is 0.0888. The van der Waals surface area contributed by atoms with Crippen LogP contribution in [0.5, 0.6) is 5.75 Å². The number of Topliss-reactive ketones (excluding diaryl/α,β-unsaturated/α-hetero) is 1. The van der Waals surface area contributed by atoms with Crippen LogP contribution in [0.15, 0.2) is 18.2 Å². The van der Waals surface area contributed by atoms with E-state index < -0.39 is 0 Å². The highest BCUT2D eigenvalue weighted by atomic mass is 16.3. The minimum atomic E-state index is -0.0264. The number of phenols is 1. The van der Waals surface area contributed by atoms with Crippen LogP contribution in [0.1, 0.15) is 43.1 Å². The number of phenolic OH excluding ortho intramolecular Hbond substituents is 1. The topological polar surface area (TPSA) is 37.3 Å². The predicted octanol–water partition coefficient (Wildman–Crippen LogP) is 2.89. The van der Waals surface area contributed by atoms with E-state index in [1.807, 2.05) is 6.92 Å². The lowest BCUT2D eigenvalue weighted by Gasteiger charge is -2.35. The van der Waals surface area contributed by atoms with Crippen LogP contribution in [0, 0.1) is 5.92 Å². The Labute approximate surface area is 89.9 Å². The number of fused-ring (bicyclic) bond motifs is 1. The van der Waals surface area contributed by atoms with E-state index in [0.717, 1.165) is 17.5 Å². The van der Waals surface area contributed by atoms with Crippen molar-refractivity contribution < 1.29 is 9.90 Å². The van der Waals surface area contributed by atoms with Gasteiger partial charge in [-0.05, 0) is 35.6 Å². The SMILES string of the molecule is C[C@H]1CC(C)(C)c2cc(O)ccc2C1=O. The number of carbonyl (C=O) groups excluding carboxylic acids is 1. The zero-order valence-corrected chi connectivity index (χ0v) is 9.37. The van der Waals surface area contributed by atoms with Crippen molar-refractivity contribution >= 4 is 5.78 Å². The minimum Gasteiger partial charge on any atom is -0.508 e. The van der Waals surface area contributed by atoms with Crippen LogP contribution in [0.25, 0.3) is 0 Å². The summed E-state index contributed by atoms with van der Waals surface area (Å²) in [6.07, 6.45) is 0.849. The Morgan fingerprint density at radius 2 is 2.07 bits per heavy atom. The fourth-order valence-electron chi connectivity index (χ4n) is 2.54. The first-order chi connectivity index (χ1) is 6.92. The first-order valence-electron chi connectivity index (χ1n) is 5.29. The highest BCUT2D eigenvalue weighted by Gasteiger charge is 2.36. The molecule has 80 valence electrons. The maximum Gasteiger partial charge on any atom is 0.165 e. The Morgan fingerprint density at radius 3 is 2.73 bits per heavy atom. The Hall–Kier alpha value is -1.31. The third-order valence-corrected chi connectivity index (χ3v) is 3.26. The summed E-state index contributed by atoms with van der Waals surface area (Å²) in [6.45, 7) is 6.21. The van der Waals surface area contributed by atoms with Crippen molar-refractivity contribution in [3.8, 4) is 5.75 Å². The smallest absolute Gasteiger partial charge is 0.165 e. The van der Waals surface area contributed by atoms with Crippen molar-refractivity contribution in [2.75, 3.05) is 0 Å². The third-order valence-electron chi connectivity index (χ3n) is 3.26. The average molecular weight is 204 g/mol. The molecule has 0 bridgehead atoms. The molecule has 0 aliphatic heterocycles. The molecule has 2 rings (SSSR count). The molecule has 1 atom stereocenters. The van der Waals surface area contributed by atoms with Crippen LogP contribution >= 0.6 is 0 Å². The fraction of sp³-hybridized carbons (Fsp3) is 0.462. The minimum absolute atomic E-state index is 0.0264. The molecule has 1 aliphatic rings. The number of hydrogen-bond donors (Lipinski definition) is 1. The molecule has 0 fully saturated rings.